The Morgan fingerprint density at radius 3 is 2.36 bits per heavy atom. The summed E-state index contributed by atoms with van der Waals surface area (Å²) in [7, 11) is 0. The van der Waals surface area contributed by atoms with E-state index in [1.54, 1.807) is 24.4 Å². The van der Waals surface area contributed by atoms with E-state index in [0.717, 1.165) is 16.9 Å². The molecule has 0 saturated carbocycles. The van der Waals surface area contributed by atoms with Gasteiger partial charge < -0.3 is 10.1 Å². The first-order valence-corrected chi connectivity index (χ1v) is 9.13. The number of nitrogens with zero attached hydrogens (tertiary/aromatic N) is 2. The van der Waals surface area contributed by atoms with Crippen molar-refractivity contribution in [1.82, 2.24) is 4.98 Å². The summed E-state index contributed by atoms with van der Waals surface area (Å²) in [6, 6.07) is 15.2. The van der Waals surface area contributed by atoms with Crippen LogP contribution in [0.25, 0.3) is 0 Å². The summed E-state index contributed by atoms with van der Waals surface area (Å²) >= 11 is 11.6. The number of hydrogen-bond donors (Lipinski definition) is 1. The molecule has 0 unspecified atom stereocenters. The minimum Gasteiger partial charge on any atom is -0.457 e. The first kappa shape index (κ1) is 19.7. The van der Waals surface area contributed by atoms with Crippen LogP contribution in [-0.2, 0) is 6.42 Å². The maximum absolute atomic E-state index is 10.7. The molecule has 1 aromatic heterocycles. The molecule has 0 radical (unpaired) electrons. The van der Waals surface area contributed by atoms with Gasteiger partial charge in [-0.25, -0.2) is 0 Å². The number of anilines is 1. The molecule has 1 N–H and O–H groups in total. The fraction of sp³-hybridized carbons (Fsp3) is 0.100. The molecule has 0 amide bonds. The number of thiocarbonyl (C=S) groups is 1. The van der Waals surface area contributed by atoms with Crippen molar-refractivity contribution < 1.29 is 9.66 Å². The molecular weight excluding hydrogens is 398 g/mol. The molecule has 142 valence electrons. The van der Waals surface area contributed by atoms with E-state index in [1.807, 2.05) is 31.2 Å². The van der Waals surface area contributed by atoms with Crippen LogP contribution in [0.5, 0.6) is 11.5 Å². The van der Waals surface area contributed by atoms with Crippen LogP contribution in [-0.4, -0.2) is 14.9 Å². The van der Waals surface area contributed by atoms with E-state index in [0.29, 0.717) is 27.9 Å². The predicted molar refractivity (Wildman–Crippen MR) is 114 cm³/mol. The number of hydrogen-bond acceptors (Lipinski definition) is 5. The lowest BCUT2D eigenvalue weighted by Gasteiger charge is -2.11. The van der Waals surface area contributed by atoms with Crippen LogP contribution >= 0.6 is 23.8 Å². The van der Waals surface area contributed by atoms with Gasteiger partial charge in [0.05, 0.1) is 26.3 Å². The molecule has 0 aliphatic heterocycles. The molecule has 0 atom stereocenters. The average Bonchev–Trinajstić information content (AvgIpc) is 2.67. The van der Waals surface area contributed by atoms with Gasteiger partial charge in [-0.1, -0.05) is 36.0 Å². The Morgan fingerprint density at radius 1 is 1.14 bits per heavy atom. The van der Waals surface area contributed by atoms with E-state index in [2.05, 4.69) is 10.3 Å². The highest BCUT2D eigenvalue weighted by Crippen LogP contribution is 2.25. The first-order valence-electron chi connectivity index (χ1n) is 8.34. The third-order valence-electron chi connectivity index (χ3n) is 3.91. The van der Waals surface area contributed by atoms with Gasteiger partial charge >= 0.3 is 0 Å². The highest BCUT2D eigenvalue weighted by molar-refractivity contribution is 7.80. The standard InChI is InChI=1S/C20H16ClN3O3S/c1-13-20(21)18(10-11-22-13)23-19(28)12-14-2-6-16(7-3-14)27-17-8-4-15(5-9-17)24(25)26/h2-11H,12H2,1H3,(H,22,23,28). The van der Waals surface area contributed by atoms with Crippen molar-refractivity contribution in [2.24, 2.45) is 0 Å². The fourth-order valence-corrected chi connectivity index (χ4v) is 2.91. The van der Waals surface area contributed by atoms with Crippen LogP contribution in [0.4, 0.5) is 11.4 Å². The zero-order chi connectivity index (χ0) is 20.1. The Bertz CT molecular complexity index is 1010. The number of rotatable bonds is 6. The van der Waals surface area contributed by atoms with Crippen molar-refractivity contribution in [3.05, 3.63) is 87.2 Å². The first-order chi connectivity index (χ1) is 13.4. The number of ether oxygens (including phenoxy) is 1. The molecule has 0 bridgehead atoms. The normalized spacial score (nSPS) is 10.4. The van der Waals surface area contributed by atoms with Crippen LogP contribution in [0, 0.1) is 17.0 Å². The van der Waals surface area contributed by atoms with Crippen molar-refractivity contribution in [2.45, 2.75) is 13.3 Å². The molecule has 0 aliphatic carbocycles. The largest absolute Gasteiger partial charge is 0.457 e. The van der Waals surface area contributed by atoms with E-state index < -0.39 is 4.92 Å². The lowest BCUT2D eigenvalue weighted by molar-refractivity contribution is -0.384. The SMILES string of the molecule is Cc1nccc(NC(=S)Cc2ccc(Oc3ccc([N+](=O)[O-])cc3)cc2)c1Cl. The molecule has 0 spiro atoms. The number of nitro groups is 1. The highest BCUT2D eigenvalue weighted by Gasteiger charge is 2.08. The molecule has 3 rings (SSSR count). The van der Waals surface area contributed by atoms with Crippen molar-refractivity contribution in [1.29, 1.82) is 0 Å². The number of nitro benzene ring substituents is 1. The monoisotopic (exact) mass is 413 g/mol. The third kappa shape index (κ3) is 5.03. The zero-order valence-corrected chi connectivity index (χ0v) is 16.5. The third-order valence-corrected chi connectivity index (χ3v) is 4.63. The van der Waals surface area contributed by atoms with E-state index in [9.17, 15) is 10.1 Å². The van der Waals surface area contributed by atoms with Crippen molar-refractivity contribution in [2.75, 3.05) is 5.32 Å². The number of halogens is 1. The molecule has 0 saturated heterocycles. The summed E-state index contributed by atoms with van der Waals surface area (Å²) in [4.78, 5) is 15.0. The average molecular weight is 414 g/mol. The molecule has 0 aliphatic rings. The van der Waals surface area contributed by atoms with Gasteiger partial charge in [-0.15, -0.1) is 0 Å². The van der Waals surface area contributed by atoms with Gasteiger partial charge in [-0.3, -0.25) is 15.1 Å². The quantitative estimate of drug-likeness (QED) is 0.316. The molecule has 0 fully saturated rings. The Hall–Kier alpha value is -3.03. The Morgan fingerprint density at radius 2 is 1.75 bits per heavy atom. The van der Waals surface area contributed by atoms with Crippen molar-refractivity contribution in [3.63, 3.8) is 0 Å². The smallest absolute Gasteiger partial charge is 0.269 e. The fourth-order valence-electron chi connectivity index (χ4n) is 2.47. The molecule has 2 aromatic carbocycles. The summed E-state index contributed by atoms with van der Waals surface area (Å²) in [5.74, 6) is 1.16. The number of aryl methyl sites for hydroxylation is 1. The predicted octanol–water partition coefficient (Wildman–Crippen LogP) is 5.73. The van der Waals surface area contributed by atoms with Gasteiger partial charge in [-0.2, -0.15) is 0 Å². The summed E-state index contributed by atoms with van der Waals surface area (Å²) < 4.78 is 5.70. The molecule has 8 heteroatoms. The molecular formula is C20H16ClN3O3S. The maximum Gasteiger partial charge on any atom is 0.269 e. The van der Waals surface area contributed by atoms with Gasteiger partial charge in [0.1, 0.15) is 11.5 Å². The van der Waals surface area contributed by atoms with Crippen LogP contribution < -0.4 is 10.1 Å². The van der Waals surface area contributed by atoms with E-state index >= 15 is 0 Å². The number of non-ortho nitro benzene ring substituents is 1. The lowest BCUT2D eigenvalue weighted by Crippen LogP contribution is -2.12. The number of pyridine rings is 1. The number of benzene rings is 2. The lowest BCUT2D eigenvalue weighted by atomic mass is 10.1. The second-order valence-corrected chi connectivity index (χ2v) is 6.85. The van der Waals surface area contributed by atoms with Crippen molar-refractivity contribution in [3.8, 4) is 11.5 Å². The molecule has 28 heavy (non-hydrogen) atoms. The molecule has 6 nitrogen and oxygen atoms in total. The Kier molecular flexibility index (Phi) is 6.18. The summed E-state index contributed by atoms with van der Waals surface area (Å²) in [5, 5.41) is 14.4. The maximum atomic E-state index is 10.7. The number of nitrogens with one attached hydrogen (secondary N) is 1. The van der Waals surface area contributed by atoms with Gasteiger partial charge in [0.15, 0.2) is 0 Å². The van der Waals surface area contributed by atoms with Gasteiger partial charge in [-0.05, 0) is 42.8 Å². The minimum absolute atomic E-state index is 0.0215. The second kappa shape index (κ2) is 8.77. The van der Waals surface area contributed by atoms with Crippen molar-refractivity contribution >= 4 is 40.2 Å². The summed E-state index contributed by atoms with van der Waals surface area (Å²) in [6.07, 6.45) is 2.22. The minimum atomic E-state index is -0.448. The van der Waals surface area contributed by atoms with E-state index in [-0.39, 0.29) is 5.69 Å². The van der Waals surface area contributed by atoms with Crippen LogP contribution in [0.3, 0.4) is 0 Å². The molecule has 3 aromatic rings. The van der Waals surface area contributed by atoms with E-state index in [1.165, 1.54) is 12.1 Å². The van der Waals surface area contributed by atoms with Gasteiger partial charge in [0.25, 0.3) is 5.69 Å². The summed E-state index contributed by atoms with van der Waals surface area (Å²) in [5.41, 5.74) is 2.50. The summed E-state index contributed by atoms with van der Waals surface area (Å²) in [6.45, 7) is 1.83. The molecule has 1 heterocycles. The van der Waals surface area contributed by atoms with Gasteiger partial charge in [0.2, 0.25) is 0 Å². The zero-order valence-electron chi connectivity index (χ0n) is 14.9. The van der Waals surface area contributed by atoms with Crippen LogP contribution in [0.2, 0.25) is 5.02 Å². The highest BCUT2D eigenvalue weighted by atomic mass is 35.5. The number of aromatic nitrogens is 1. The Labute approximate surface area is 172 Å². The topological polar surface area (TPSA) is 77.3 Å². The Balaban J connectivity index is 1.60. The van der Waals surface area contributed by atoms with E-state index in [4.69, 9.17) is 28.6 Å². The van der Waals surface area contributed by atoms with Gasteiger partial charge in [0, 0.05) is 24.8 Å². The second-order valence-electron chi connectivity index (χ2n) is 5.98. The van der Waals surface area contributed by atoms with Crippen LogP contribution in [0.15, 0.2) is 60.8 Å². The van der Waals surface area contributed by atoms with Crippen LogP contribution in [0.1, 0.15) is 11.3 Å².